The van der Waals surface area contributed by atoms with Gasteiger partial charge in [0.15, 0.2) is 0 Å². The molecule has 1 aromatic carbocycles. The molecule has 2 fully saturated rings. The third kappa shape index (κ3) is 6.04. The minimum atomic E-state index is -0.602. The molecule has 1 saturated carbocycles. The predicted octanol–water partition coefficient (Wildman–Crippen LogP) is 3.70. The number of benzene rings is 1. The van der Waals surface area contributed by atoms with E-state index in [0.29, 0.717) is 50.2 Å². The van der Waals surface area contributed by atoms with Crippen molar-refractivity contribution in [2.75, 3.05) is 31.8 Å². The molecule has 1 aliphatic heterocycles. The number of amides is 1. The van der Waals surface area contributed by atoms with Crippen LogP contribution in [-0.2, 0) is 4.74 Å². The molecule has 11 heteroatoms. The molecule has 9 nitrogen and oxygen atoms in total. The van der Waals surface area contributed by atoms with Gasteiger partial charge in [-0.05, 0) is 74.3 Å². The van der Waals surface area contributed by atoms with Gasteiger partial charge in [-0.15, -0.1) is 0 Å². The molecule has 5 rings (SSSR count). The SMILES string of the molecule is COCCOc1cccc(C(=O)N[C@H]2CC[C@@H](n3c(=O)c4cc(F)cnc4n(C4CCSCC4)c3=O)CC2)c1. The van der Waals surface area contributed by atoms with Crippen molar-refractivity contribution in [3.63, 3.8) is 0 Å². The number of thioether (sulfide) groups is 1. The van der Waals surface area contributed by atoms with Crippen molar-refractivity contribution in [2.45, 2.75) is 56.7 Å². The molecule has 208 valence electrons. The zero-order valence-electron chi connectivity index (χ0n) is 21.9. The van der Waals surface area contributed by atoms with Crippen LogP contribution in [0.4, 0.5) is 4.39 Å². The number of methoxy groups -OCH3 is 1. The summed E-state index contributed by atoms with van der Waals surface area (Å²) < 4.78 is 27.7. The highest BCUT2D eigenvalue weighted by atomic mass is 32.2. The Bertz CT molecular complexity index is 1440. The zero-order valence-corrected chi connectivity index (χ0v) is 22.8. The Hall–Kier alpha value is -3.18. The van der Waals surface area contributed by atoms with Gasteiger partial charge in [0, 0.05) is 30.8 Å². The highest BCUT2D eigenvalue weighted by Gasteiger charge is 2.29. The highest BCUT2D eigenvalue weighted by molar-refractivity contribution is 7.99. The summed E-state index contributed by atoms with van der Waals surface area (Å²) >= 11 is 1.84. The lowest BCUT2D eigenvalue weighted by atomic mass is 9.90. The summed E-state index contributed by atoms with van der Waals surface area (Å²) in [6.45, 7) is 0.847. The number of halogens is 1. The van der Waals surface area contributed by atoms with Crippen LogP contribution in [0.2, 0.25) is 0 Å². The first-order valence-corrected chi connectivity index (χ1v) is 14.5. The fraction of sp³-hybridized carbons (Fsp3) is 0.500. The second kappa shape index (κ2) is 12.3. The lowest BCUT2D eigenvalue weighted by Gasteiger charge is -2.31. The van der Waals surface area contributed by atoms with E-state index >= 15 is 0 Å². The number of carbonyl (C=O) groups excluding carboxylic acids is 1. The minimum absolute atomic E-state index is 0.0732. The van der Waals surface area contributed by atoms with Crippen molar-refractivity contribution in [1.29, 1.82) is 0 Å². The second-order valence-corrected chi connectivity index (χ2v) is 11.3. The maximum absolute atomic E-state index is 14.1. The molecular formula is C28H33FN4O5S. The zero-order chi connectivity index (χ0) is 27.4. The van der Waals surface area contributed by atoms with Crippen molar-refractivity contribution in [3.8, 4) is 5.75 Å². The van der Waals surface area contributed by atoms with E-state index in [0.717, 1.165) is 30.5 Å². The molecule has 1 aliphatic carbocycles. The molecule has 0 unspecified atom stereocenters. The number of nitrogens with zero attached hydrogens (tertiary/aromatic N) is 3. The van der Waals surface area contributed by atoms with Crippen molar-refractivity contribution in [1.82, 2.24) is 19.4 Å². The number of nitrogens with one attached hydrogen (secondary N) is 1. The van der Waals surface area contributed by atoms with Crippen LogP contribution in [0.5, 0.6) is 5.75 Å². The van der Waals surface area contributed by atoms with E-state index < -0.39 is 11.4 Å². The van der Waals surface area contributed by atoms with Crippen molar-refractivity contribution in [3.05, 3.63) is 68.7 Å². The smallest absolute Gasteiger partial charge is 0.333 e. The molecule has 0 atom stereocenters. The predicted molar refractivity (Wildman–Crippen MR) is 148 cm³/mol. The minimum Gasteiger partial charge on any atom is -0.491 e. The quantitative estimate of drug-likeness (QED) is 0.422. The third-order valence-corrected chi connectivity index (χ3v) is 8.58. The Balaban J connectivity index is 1.33. The Morgan fingerprint density at radius 2 is 1.79 bits per heavy atom. The third-order valence-electron chi connectivity index (χ3n) is 7.53. The van der Waals surface area contributed by atoms with Crippen LogP contribution in [-0.4, -0.2) is 57.9 Å². The van der Waals surface area contributed by atoms with E-state index in [4.69, 9.17) is 9.47 Å². The van der Waals surface area contributed by atoms with Crippen molar-refractivity contribution in [2.24, 2.45) is 0 Å². The molecule has 2 aliphatic rings. The van der Waals surface area contributed by atoms with Gasteiger partial charge in [0.05, 0.1) is 18.2 Å². The van der Waals surface area contributed by atoms with Gasteiger partial charge in [-0.2, -0.15) is 11.8 Å². The first-order chi connectivity index (χ1) is 19.0. The average Bonchev–Trinajstić information content (AvgIpc) is 2.95. The number of pyridine rings is 1. The number of ether oxygens (including phenoxy) is 2. The molecule has 2 aromatic heterocycles. The molecular weight excluding hydrogens is 523 g/mol. The van der Waals surface area contributed by atoms with E-state index in [1.807, 2.05) is 11.8 Å². The first-order valence-electron chi connectivity index (χ1n) is 13.4. The standard InChI is InChI=1S/C28H33FN4O5S/c1-37-11-12-38-23-4-2-3-18(15-23)26(34)31-20-5-7-21(8-6-20)33-27(35)24-16-19(29)17-30-25(24)32(28(33)36)22-9-13-39-14-10-22/h2-4,15-17,20-22H,5-14H2,1H3,(H,31,34)/t20-,21+. The van der Waals surface area contributed by atoms with E-state index in [2.05, 4.69) is 10.3 Å². The second-order valence-electron chi connectivity index (χ2n) is 10.0. The van der Waals surface area contributed by atoms with Crippen LogP contribution < -0.4 is 21.3 Å². The molecule has 0 bridgehead atoms. The van der Waals surface area contributed by atoms with Crippen LogP contribution in [0.1, 0.15) is 61.0 Å². The molecule has 0 radical (unpaired) electrons. The maximum Gasteiger partial charge on any atom is 0.333 e. The van der Waals surface area contributed by atoms with Crippen molar-refractivity contribution < 1.29 is 18.7 Å². The van der Waals surface area contributed by atoms with Crippen LogP contribution >= 0.6 is 11.8 Å². The Labute approximate surface area is 229 Å². The van der Waals surface area contributed by atoms with Gasteiger partial charge in [-0.25, -0.2) is 14.2 Å². The summed E-state index contributed by atoms with van der Waals surface area (Å²) in [6.07, 6.45) is 5.00. The van der Waals surface area contributed by atoms with Gasteiger partial charge in [0.1, 0.15) is 23.8 Å². The number of hydrogen-bond donors (Lipinski definition) is 1. The molecule has 3 aromatic rings. The fourth-order valence-corrected chi connectivity index (χ4v) is 6.60. The topological polar surface area (TPSA) is 104 Å². The summed E-state index contributed by atoms with van der Waals surface area (Å²) in [4.78, 5) is 44.3. The monoisotopic (exact) mass is 556 g/mol. The largest absolute Gasteiger partial charge is 0.491 e. The molecule has 1 N–H and O–H groups in total. The van der Waals surface area contributed by atoms with Crippen LogP contribution in [0, 0.1) is 5.82 Å². The summed E-state index contributed by atoms with van der Waals surface area (Å²) in [5, 5.41) is 3.21. The average molecular weight is 557 g/mol. The Kier molecular flexibility index (Phi) is 8.66. The number of rotatable bonds is 8. The number of aromatic nitrogens is 3. The summed E-state index contributed by atoms with van der Waals surface area (Å²) in [7, 11) is 1.60. The number of hydrogen-bond acceptors (Lipinski definition) is 7. The lowest BCUT2D eigenvalue weighted by molar-refractivity contribution is 0.0921. The van der Waals surface area contributed by atoms with E-state index in [1.54, 1.807) is 35.9 Å². The van der Waals surface area contributed by atoms with Crippen LogP contribution in [0.3, 0.4) is 0 Å². The van der Waals surface area contributed by atoms with Crippen LogP contribution in [0.25, 0.3) is 11.0 Å². The summed E-state index contributed by atoms with van der Waals surface area (Å²) in [5.74, 6) is 1.64. The maximum atomic E-state index is 14.1. The molecule has 1 saturated heterocycles. The van der Waals surface area contributed by atoms with Gasteiger partial charge >= 0.3 is 5.69 Å². The highest BCUT2D eigenvalue weighted by Crippen LogP contribution is 2.30. The summed E-state index contributed by atoms with van der Waals surface area (Å²) in [6, 6.07) is 7.70. The lowest BCUT2D eigenvalue weighted by Crippen LogP contribution is -2.46. The van der Waals surface area contributed by atoms with Gasteiger partial charge in [-0.3, -0.25) is 18.7 Å². The van der Waals surface area contributed by atoms with Crippen molar-refractivity contribution >= 4 is 28.7 Å². The van der Waals surface area contributed by atoms with Gasteiger partial charge in [-0.1, -0.05) is 6.07 Å². The van der Waals surface area contributed by atoms with Gasteiger partial charge < -0.3 is 14.8 Å². The molecule has 1 amide bonds. The number of fused-ring (bicyclic) bond motifs is 1. The Morgan fingerprint density at radius 3 is 2.54 bits per heavy atom. The van der Waals surface area contributed by atoms with E-state index in [1.165, 1.54) is 10.6 Å². The van der Waals surface area contributed by atoms with E-state index in [9.17, 15) is 18.8 Å². The molecule has 0 spiro atoms. The molecule has 39 heavy (non-hydrogen) atoms. The molecule has 3 heterocycles. The van der Waals surface area contributed by atoms with Gasteiger partial charge in [0.25, 0.3) is 11.5 Å². The van der Waals surface area contributed by atoms with Crippen LogP contribution in [0.15, 0.2) is 46.1 Å². The van der Waals surface area contributed by atoms with E-state index in [-0.39, 0.29) is 40.8 Å². The summed E-state index contributed by atoms with van der Waals surface area (Å²) in [5.41, 5.74) is -0.114. The fourth-order valence-electron chi connectivity index (χ4n) is 5.52. The first kappa shape index (κ1) is 27.4. The van der Waals surface area contributed by atoms with Gasteiger partial charge in [0.2, 0.25) is 0 Å². The normalized spacial score (nSPS) is 20.2. The number of carbonyl (C=O) groups is 1. The Morgan fingerprint density at radius 1 is 1.05 bits per heavy atom.